The van der Waals surface area contributed by atoms with Crippen molar-refractivity contribution in [2.75, 3.05) is 37.8 Å². The molecule has 0 saturated carbocycles. The summed E-state index contributed by atoms with van der Waals surface area (Å²) in [6, 6.07) is 5.93. The number of hydrogen-bond donors (Lipinski definition) is 1. The number of carbonyl (C=O) groups is 1. The molecule has 1 aromatic heterocycles. The summed E-state index contributed by atoms with van der Waals surface area (Å²) < 4.78 is 42.9. The Morgan fingerprint density at radius 2 is 1.97 bits per heavy atom. The van der Waals surface area contributed by atoms with Crippen molar-refractivity contribution >= 4 is 11.9 Å². The van der Waals surface area contributed by atoms with Crippen LogP contribution < -0.4 is 15.0 Å². The number of piperidine rings is 1. The number of ether oxygens (including phenoxy) is 2. The predicted molar refractivity (Wildman–Crippen MR) is 126 cm³/mol. The fourth-order valence-corrected chi connectivity index (χ4v) is 4.58. The first-order valence-corrected chi connectivity index (χ1v) is 12.4. The first kappa shape index (κ1) is 25.3. The molecule has 3 heterocycles. The maximum atomic E-state index is 13.3. The Bertz CT molecular complexity index is 980. The molecule has 2 aliphatic heterocycles. The molecule has 0 bridgehead atoms. The number of aryl methyl sites for hydroxylation is 1. The van der Waals surface area contributed by atoms with Gasteiger partial charge in [0.05, 0.1) is 6.61 Å². The molecule has 8 nitrogen and oxygen atoms in total. The first-order valence-electron chi connectivity index (χ1n) is 12.4. The van der Waals surface area contributed by atoms with E-state index < -0.39 is 11.7 Å². The second-order valence-electron chi connectivity index (χ2n) is 9.55. The summed E-state index contributed by atoms with van der Waals surface area (Å²) in [5.41, 5.74) is 1.57. The quantitative estimate of drug-likeness (QED) is 0.517. The van der Waals surface area contributed by atoms with Gasteiger partial charge in [0.2, 0.25) is 5.82 Å². The fourth-order valence-electron chi connectivity index (χ4n) is 4.58. The standard InChI is InChI=1S/C25H34F2N4O4/c1-17-16-20(5-6-21(17)22(32)28-19-9-14-33-15-10-19)34-13-3-4-18-7-11-31(12-8-18)24-29-23(30-35-24)25(2,26)27/h5-6,16,18-19H,3-4,7-15H2,1-2H3,(H,28,32). The molecule has 2 aromatic rings. The van der Waals surface area contributed by atoms with Gasteiger partial charge in [-0.05, 0) is 75.1 Å². The Balaban J connectivity index is 1.16. The van der Waals surface area contributed by atoms with E-state index in [9.17, 15) is 13.6 Å². The molecule has 1 amide bonds. The number of halogens is 2. The summed E-state index contributed by atoms with van der Waals surface area (Å²) in [7, 11) is 0. The highest BCUT2D eigenvalue weighted by molar-refractivity contribution is 5.96. The topological polar surface area (TPSA) is 89.7 Å². The van der Waals surface area contributed by atoms with Crippen LogP contribution in [0.2, 0.25) is 0 Å². The van der Waals surface area contributed by atoms with Crippen LogP contribution in [-0.2, 0) is 10.7 Å². The summed E-state index contributed by atoms with van der Waals surface area (Å²) >= 11 is 0. The maximum absolute atomic E-state index is 13.3. The number of hydrogen-bond acceptors (Lipinski definition) is 7. The van der Waals surface area contributed by atoms with Crippen LogP contribution in [-0.4, -0.2) is 55.0 Å². The van der Waals surface area contributed by atoms with E-state index in [0.29, 0.717) is 44.4 Å². The van der Waals surface area contributed by atoms with Crippen LogP contribution in [0.15, 0.2) is 22.7 Å². The Kier molecular flexibility index (Phi) is 8.20. The Morgan fingerprint density at radius 1 is 1.23 bits per heavy atom. The number of benzene rings is 1. The number of carbonyl (C=O) groups excluding carboxylic acids is 1. The Hall–Kier alpha value is -2.75. The minimum Gasteiger partial charge on any atom is -0.494 e. The highest BCUT2D eigenvalue weighted by atomic mass is 19.3. The molecule has 2 saturated heterocycles. The lowest BCUT2D eigenvalue weighted by Gasteiger charge is -2.30. The molecule has 4 rings (SSSR count). The van der Waals surface area contributed by atoms with Crippen molar-refractivity contribution in [2.24, 2.45) is 5.92 Å². The number of nitrogens with one attached hydrogen (secondary N) is 1. The number of nitrogens with zero attached hydrogens (tertiary/aromatic N) is 3. The molecule has 0 aliphatic carbocycles. The minimum atomic E-state index is -3.10. The molecule has 0 radical (unpaired) electrons. The highest BCUT2D eigenvalue weighted by Crippen LogP contribution is 2.29. The van der Waals surface area contributed by atoms with Crippen LogP contribution in [0.1, 0.15) is 67.2 Å². The van der Waals surface area contributed by atoms with Crippen molar-refractivity contribution in [3.8, 4) is 5.75 Å². The average molecular weight is 493 g/mol. The molecule has 0 unspecified atom stereocenters. The molecule has 1 aromatic carbocycles. The van der Waals surface area contributed by atoms with E-state index in [0.717, 1.165) is 56.8 Å². The van der Waals surface area contributed by atoms with Gasteiger partial charge in [-0.1, -0.05) is 5.16 Å². The second-order valence-corrected chi connectivity index (χ2v) is 9.55. The number of aromatic nitrogens is 2. The van der Waals surface area contributed by atoms with E-state index in [1.54, 1.807) is 0 Å². The molecule has 0 spiro atoms. The van der Waals surface area contributed by atoms with Crippen LogP contribution in [0.25, 0.3) is 0 Å². The zero-order chi connectivity index (χ0) is 24.8. The monoisotopic (exact) mass is 492 g/mol. The lowest BCUT2D eigenvalue weighted by Crippen LogP contribution is -2.39. The molecule has 1 N–H and O–H groups in total. The van der Waals surface area contributed by atoms with Gasteiger partial charge in [0.1, 0.15) is 5.75 Å². The van der Waals surface area contributed by atoms with Gasteiger partial charge >= 0.3 is 11.9 Å². The summed E-state index contributed by atoms with van der Waals surface area (Å²) in [5, 5.41) is 6.49. The highest BCUT2D eigenvalue weighted by Gasteiger charge is 2.33. The molecule has 10 heteroatoms. The second kappa shape index (κ2) is 11.3. The van der Waals surface area contributed by atoms with Gasteiger partial charge in [0, 0.05) is 44.8 Å². The van der Waals surface area contributed by atoms with Gasteiger partial charge in [-0.25, -0.2) is 0 Å². The zero-order valence-electron chi connectivity index (χ0n) is 20.4. The van der Waals surface area contributed by atoms with Gasteiger partial charge in [0.25, 0.3) is 5.91 Å². The third kappa shape index (κ3) is 6.90. The van der Waals surface area contributed by atoms with Crippen molar-refractivity contribution in [2.45, 2.75) is 64.3 Å². The van der Waals surface area contributed by atoms with Crippen molar-refractivity contribution in [1.29, 1.82) is 0 Å². The number of alkyl halides is 2. The summed E-state index contributed by atoms with van der Waals surface area (Å²) in [6.07, 6.45) is 5.52. The molecule has 35 heavy (non-hydrogen) atoms. The number of anilines is 1. The number of amides is 1. The normalized spacial score (nSPS) is 18.0. The van der Waals surface area contributed by atoms with E-state index in [4.69, 9.17) is 14.0 Å². The minimum absolute atomic E-state index is 0.0487. The zero-order valence-corrected chi connectivity index (χ0v) is 20.4. The van der Waals surface area contributed by atoms with E-state index in [1.165, 1.54) is 0 Å². The number of rotatable bonds is 9. The summed E-state index contributed by atoms with van der Waals surface area (Å²) in [4.78, 5) is 18.3. The van der Waals surface area contributed by atoms with Gasteiger partial charge in [0.15, 0.2) is 0 Å². The largest absolute Gasteiger partial charge is 0.494 e. The molecule has 2 aliphatic rings. The van der Waals surface area contributed by atoms with E-state index >= 15 is 0 Å². The lowest BCUT2D eigenvalue weighted by atomic mass is 9.92. The molecule has 0 atom stereocenters. The van der Waals surface area contributed by atoms with Gasteiger partial charge < -0.3 is 24.2 Å². The fraction of sp³-hybridized carbons (Fsp3) is 0.640. The Labute approximate surface area is 204 Å². The molecular weight excluding hydrogens is 458 g/mol. The lowest BCUT2D eigenvalue weighted by molar-refractivity contribution is 0.00558. The first-order chi connectivity index (χ1) is 16.8. The molecule has 2 fully saturated rings. The van der Waals surface area contributed by atoms with E-state index in [1.807, 2.05) is 30.0 Å². The summed E-state index contributed by atoms with van der Waals surface area (Å²) in [5.74, 6) is -2.42. The smallest absolute Gasteiger partial charge is 0.324 e. The SMILES string of the molecule is Cc1cc(OCCCC2CCN(c3nc(C(C)(F)F)no3)CC2)ccc1C(=O)NC1CCOCC1. The Morgan fingerprint density at radius 3 is 2.63 bits per heavy atom. The molecule has 192 valence electrons. The van der Waals surface area contributed by atoms with Gasteiger partial charge in [-0.2, -0.15) is 13.8 Å². The van der Waals surface area contributed by atoms with Crippen molar-refractivity contribution in [1.82, 2.24) is 15.5 Å². The van der Waals surface area contributed by atoms with Gasteiger partial charge in [-0.3, -0.25) is 4.79 Å². The molecular formula is C25H34F2N4O4. The van der Waals surface area contributed by atoms with Crippen LogP contribution >= 0.6 is 0 Å². The summed E-state index contributed by atoms with van der Waals surface area (Å²) in [6.45, 7) is 6.08. The van der Waals surface area contributed by atoms with E-state index in [-0.39, 0.29) is 18.0 Å². The van der Waals surface area contributed by atoms with Crippen LogP contribution in [0.3, 0.4) is 0 Å². The third-order valence-electron chi connectivity index (χ3n) is 6.72. The van der Waals surface area contributed by atoms with Crippen molar-refractivity contribution in [3.05, 3.63) is 35.2 Å². The third-order valence-corrected chi connectivity index (χ3v) is 6.72. The van der Waals surface area contributed by atoms with Gasteiger partial charge in [-0.15, -0.1) is 0 Å². The predicted octanol–water partition coefficient (Wildman–Crippen LogP) is 4.47. The maximum Gasteiger partial charge on any atom is 0.324 e. The van der Waals surface area contributed by atoms with Crippen molar-refractivity contribution < 1.29 is 27.6 Å². The van der Waals surface area contributed by atoms with Crippen LogP contribution in [0, 0.1) is 12.8 Å². The average Bonchev–Trinajstić information content (AvgIpc) is 3.34. The van der Waals surface area contributed by atoms with Crippen molar-refractivity contribution in [3.63, 3.8) is 0 Å². The van der Waals surface area contributed by atoms with Crippen LogP contribution in [0.5, 0.6) is 5.75 Å². The van der Waals surface area contributed by atoms with Crippen LogP contribution in [0.4, 0.5) is 14.8 Å². The van der Waals surface area contributed by atoms with E-state index in [2.05, 4.69) is 15.5 Å².